The lowest BCUT2D eigenvalue weighted by molar-refractivity contribution is -0.0429. The van der Waals surface area contributed by atoms with Gasteiger partial charge in [0.1, 0.15) is 0 Å². The molecule has 4 aliphatic carbocycles. The third kappa shape index (κ3) is 3.56. The number of aliphatic hydroxyl groups excluding tert-OH is 1. The lowest BCUT2D eigenvalue weighted by Gasteiger charge is -2.57. The van der Waals surface area contributed by atoms with E-state index in [2.05, 4.69) is 54.2 Å². The maximum absolute atomic E-state index is 10.3. The summed E-state index contributed by atoms with van der Waals surface area (Å²) in [4.78, 5) is 0. The standard InChI is InChI=1S/C29H48O/c1-19(2)27(4,5)15-12-20(3)24-10-11-25-23-9-8-21-18-22(30)13-16-28(21,6)26(23)14-17-29(24,25)7/h9,20-22,24-26,30H,1,8,10-18H2,2-7H3/t20-,21+,22+,24-,25+,26+,28+,29-/m1/s1. The molecule has 0 heterocycles. The van der Waals surface area contributed by atoms with Crippen LogP contribution in [0.1, 0.15) is 106 Å². The fourth-order valence-corrected chi connectivity index (χ4v) is 8.47. The molecular formula is C29H48O. The summed E-state index contributed by atoms with van der Waals surface area (Å²) in [6.45, 7) is 19.0. The zero-order chi connectivity index (χ0) is 21.9. The van der Waals surface area contributed by atoms with Crippen LogP contribution in [0.5, 0.6) is 0 Å². The van der Waals surface area contributed by atoms with Crippen LogP contribution in [0.15, 0.2) is 23.8 Å². The molecule has 3 saturated carbocycles. The van der Waals surface area contributed by atoms with Gasteiger partial charge in [-0.15, -0.1) is 0 Å². The minimum Gasteiger partial charge on any atom is -0.393 e. The quantitative estimate of drug-likeness (QED) is 0.454. The highest BCUT2D eigenvalue weighted by Crippen LogP contribution is 2.67. The van der Waals surface area contributed by atoms with Crippen molar-refractivity contribution >= 4 is 0 Å². The smallest absolute Gasteiger partial charge is 0.0543 e. The first-order valence-electron chi connectivity index (χ1n) is 13.0. The fourth-order valence-electron chi connectivity index (χ4n) is 8.47. The molecule has 3 fully saturated rings. The van der Waals surface area contributed by atoms with E-state index in [0.717, 1.165) is 36.5 Å². The van der Waals surface area contributed by atoms with E-state index in [1.54, 1.807) is 0 Å². The van der Waals surface area contributed by atoms with Crippen LogP contribution in [0.3, 0.4) is 0 Å². The Morgan fingerprint density at radius 2 is 1.80 bits per heavy atom. The van der Waals surface area contributed by atoms with E-state index >= 15 is 0 Å². The summed E-state index contributed by atoms with van der Waals surface area (Å²) in [5, 5.41) is 10.3. The van der Waals surface area contributed by atoms with E-state index in [9.17, 15) is 5.11 Å². The van der Waals surface area contributed by atoms with E-state index in [4.69, 9.17) is 0 Å². The van der Waals surface area contributed by atoms with Crippen molar-refractivity contribution in [3.8, 4) is 0 Å². The van der Waals surface area contributed by atoms with Gasteiger partial charge in [-0.2, -0.15) is 0 Å². The Bertz CT molecular complexity index is 701. The molecule has 4 rings (SSSR count). The molecule has 0 bridgehead atoms. The van der Waals surface area contributed by atoms with Crippen LogP contribution >= 0.6 is 0 Å². The Balaban J connectivity index is 1.50. The maximum Gasteiger partial charge on any atom is 0.0543 e. The molecule has 0 spiro atoms. The van der Waals surface area contributed by atoms with E-state index < -0.39 is 0 Å². The minimum absolute atomic E-state index is 0.0490. The van der Waals surface area contributed by atoms with Crippen LogP contribution in [0.2, 0.25) is 0 Å². The van der Waals surface area contributed by atoms with Crippen LogP contribution in [0, 0.1) is 45.8 Å². The normalized spacial score (nSPS) is 44.5. The summed E-state index contributed by atoms with van der Waals surface area (Å²) in [5.41, 5.74) is 4.41. The number of aliphatic hydroxyl groups is 1. The summed E-state index contributed by atoms with van der Waals surface area (Å²) in [6.07, 6.45) is 15.4. The van der Waals surface area contributed by atoms with Crippen LogP contribution in [0.4, 0.5) is 0 Å². The Morgan fingerprint density at radius 1 is 1.13 bits per heavy atom. The molecule has 4 aliphatic rings. The molecule has 0 unspecified atom stereocenters. The summed E-state index contributed by atoms with van der Waals surface area (Å²) in [7, 11) is 0. The van der Waals surface area contributed by atoms with Gasteiger partial charge in [-0.3, -0.25) is 0 Å². The first kappa shape index (κ1) is 22.6. The zero-order valence-corrected chi connectivity index (χ0v) is 20.8. The van der Waals surface area contributed by atoms with Crippen molar-refractivity contribution in [2.24, 2.45) is 45.8 Å². The zero-order valence-electron chi connectivity index (χ0n) is 20.8. The summed E-state index contributed by atoms with van der Waals surface area (Å²) < 4.78 is 0. The van der Waals surface area contributed by atoms with Gasteiger partial charge < -0.3 is 5.11 Å². The molecule has 1 nitrogen and oxygen atoms in total. The molecule has 0 aromatic rings. The predicted molar refractivity (Wildman–Crippen MR) is 128 cm³/mol. The molecule has 30 heavy (non-hydrogen) atoms. The van der Waals surface area contributed by atoms with E-state index in [0.29, 0.717) is 16.7 Å². The Hall–Kier alpha value is -0.560. The Morgan fingerprint density at radius 3 is 2.50 bits per heavy atom. The second-order valence-corrected chi connectivity index (χ2v) is 13.1. The van der Waals surface area contributed by atoms with Gasteiger partial charge in [0.05, 0.1) is 6.10 Å². The van der Waals surface area contributed by atoms with Gasteiger partial charge in [0, 0.05) is 0 Å². The number of rotatable bonds is 5. The van der Waals surface area contributed by atoms with E-state index in [1.165, 1.54) is 56.9 Å². The monoisotopic (exact) mass is 412 g/mol. The van der Waals surface area contributed by atoms with Crippen LogP contribution < -0.4 is 0 Å². The minimum atomic E-state index is -0.0490. The number of hydrogen-bond donors (Lipinski definition) is 1. The van der Waals surface area contributed by atoms with Crippen molar-refractivity contribution in [2.75, 3.05) is 0 Å². The SMILES string of the molecule is C=C(C)C(C)(C)CC[C@@H](C)[C@H]1CC[C@H]2C3=CC[C@H]4C[C@@H](O)CC[C@]4(C)[C@H]3CC[C@]12C. The lowest BCUT2D eigenvalue weighted by Crippen LogP contribution is -2.49. The Kier molecular flexibility index (Phi) is 5.87. The molecule has 0 aromatic carbocycles. The third-order valence-electron chi connectivity index (χ3n) is 11.2. The van der Waals surface area contributed by atoms with Crippen LogP contribution in [-0.4, -0.2) is 11.2 Å². The average molecular weight is 413 g/mol. The maximum atomic E-state index is 10.3. The molecule has 0 aromatic heterocycles. The van der Waals surface area contributed by atoms with Crippen molar-refractivity contribution in [1.29, 1.82) is 0 Å². The lowest BCUT2D eigenvalue weighted by atomic mass is 9.47. The first-order valence-corrected chi connectivity index (χ1v) is 13.0. The van der Waals surface area contributed by atoms with Gasteiger partial charge in [-0.1, -0.05) is 58.4 Å². The third-order valence-corrected chi connectivity index (χ3v) is 11.2. The molecule has 0 radical (unpaired) electrons. The molecule has 0 saturated heterocycles. The van der Waals surface area contributed by atoms with Crippen LogP contribution in [0.25, 0.3) is 0 Å². The number of allylic oxidation sites excluding steroid dienone is 3. The molecule has 1 heteroatoms. The molecule has 170 valence electrons. The van der Waals surface area contributed by atoms with Crippen molar-refractivity contribution in [1.82, 2.24) is 0 Å². The van der Waals surface area contributed by atoms with Crippen molar-refractivity contribution in [2.45, 2.75) is 112 Å². The van der Waals surface area contributed by atoms with Gasteiger partial charge in [-0.25, -0.2) is 0 Å². The van der Waals surface area contributed by atoms with Gasteiger partial charge in [0.25, 0.3) is 0 Å². The van der Waals surface area contributed by atoms with Crippen LogP contribution in [-0.2, 0) is 0 Å². The second kappa shape index (κ2) is 7.79. The molecule has 8 atom stereocenters. The van der Waals surface area contributed by atoms with E-state index in [-0.39, 0.29) is 11.5 Å². The van der Waals surface area contributed by atoms with Crippen molar-refractivity contribution < 1.29 is 5.11 Å². The largest absolute Gasteiger partial charge is 0.393 e. The fraction of sp³-hybridized carbons (Fsp3) is 0.862. The second-order valence-electron chi connectivity index (χ2n) is 13.1. The summed E-state index contributed by atoms with van der Waals surface area (Å²) in [5.74, 6) is 4.01. The number of fused-ring (bicyclic) bond motifs is 5. The van der Waals surface area contributed by atoms with Gasteiger partial charge in [0.15, 0.2) is 0 Å². The highest BCUT2D eigenvalue weighted by atomic mass is 16.3. The van der Waals surface area contributed by atoms with Crippen molar-refractivity contribution in [3.05, 3.63) is 23.8 Å². The molecule has 1 N–H and O–H groups in total. The first-order chi connectivity index (χ1) is 14.0. The highest BCUT2D eigenvalue weighted by Gasteiger charge is 2.58. The van der Waals surface area contributed by atoms with E-state index in [1.807, 2.05) is 5.57 Å². The highest BCUT2D eigenvalue weighted by molar-refractivity contribution is 5.27. The van der Waals surface area contributed by atoms with Gasteiger partial charge >= 0.3 is 0 Å². The average Bonchev–Trinajstić information content (AvgIpc) is 3.04. The van der Waals surface area contributed by atoms with Gasteiger partial charge in [0.2, 0.25) is 0 Å². The van der Waals surface area contributed by atoms with Crippen molar-refractivity contribution in [3.63, 3.8) is 0 Å². The predicted octanol–water partition coefficient (Wildman–Crippen LogP) is 7.94. The summed E-state index contributed by atoms with van der Waals surface area (Å²) in [6, 6.07) is 0. The topological polar surface area (TPSA) is 20.2 Å². The molecule has 0 aliphatic heterocycles. The van der Waals surface area contributed by atoms with Gasteiger partial charge in [-0.05, 0) is 117 Å². The molecule has 0 amide bonds. The molecular weight excluding hydrogens is 364 g/mol. The summed E-state index contributed by atoms with van der Waals surface area (Å²) >= 11 is 0. The Labute approximate surface area is 186 Å². The number of hydrogen-bond acceptors (Lipinski definition) is 1.